The molecule has 0 N–H and O–H groups in total. The van der Waals surface area contributed by atoms with Crippen LogP contribution in [-0.2, 0) is 0 Å². The second-order valence-corrected chi connectivity index (χ2v) is 4.77. The van der Waals surface area contributed by atoms with Crippen molar-refractivity contribution < 1.29 is 0 Å². The first-order valence-corrected chi connectivity index (χ1v) is 6.42. The molecule has 1 aromatic heterocycles. The average molecular weight is 235 g/mol. The van der Waals surface area contributed by atoms with E-state index in [-0.39, 0.29) is 0 Å². The Hall–Kier alpha value is -1.86. The third-order valence-corrected chi connectivity index (χ3v) is 3.69. The molecule has 0 fully saturated rings. The second kappa shape index (κ2) is 4.56. The summed E-state index contributed by atoms with van der Waals surface area (Å²) in [6, 6.07) is 23.9. The lowest BCUT2D eigenvalue weighted by atomic mass is 10.1. The second-order valence-electron chi connectivity index (χ2n) is 3.85. The van der Waals surface area contributed by atoms with Gasteiger partial charge in [0, 0.05) is 4.88 Å². The third kappa shape index (κ3) is 2.15. The van der Waals surface area contributed by atoms with Gasteiger partial charge in [-0.1, -0.05) is 54.6 Å². The fraction of sp³-hybridized carbons (Fsp3) is 0. The number of thiophene rings is 1. The summed E-state index contributed by atoms with van der Waals surface area (Å²) >= 11 is 1.79. The van der Waals surface area contributed by atoms with Crippen LogP contribution in [-0.4, -0.2) is 0 Å². The van der Waals surface area contributed by atoms with Crippen LogP contribution in [0, 0.1) is 6.07 Å². The van der Waals surface area contributed by atoms with Gasteiger partial charge in [-0.3, -0.25) is 0 Å². The Labute approximate surface area is 105 Å². The standard InChI is InChI=1S/C16H11S/c1-3-7-13(8-4-1)15-11-16(17-12-15)14-9-5-2-6-10-14/h2-12H. The van der Waals surface area contributed by atoms with Crippen molar-refractivity contribution in [3.05, 3.63) is 72.1 Å². The zero-order chi connectivity index (χ0) is 11.5. The minimum Gasteiger partial charge on any atom is -0.143 e. The van der Waals surface area contributed by atoms with Gasteiger partial charge in [-0.15, -0.1) is 11.3 Å². The maximum Gasteiger partial charge on any atom is 0.0349 e. The first-order valence-electron chi connectivity index (χ1n) is 5.54. The minimum absolute atomic E-state index is 1.25. The number of rotatable bonds is 2. The van der Waals surface area contributed by atoms with Crippen molar-refractivity contribution in [2.24, 2.45) is 0 Å². The van der Waals surface area contributed by atoms with Crippen molar-refractivity contribution in [3.63, 3.8) is 0 Å². The third-order valence-electron chi connectivity index (χ3n) is 2.71. The first-order chi connectivity index (χ1) is 8.43. The molecule has 0 aliphatic heterocycles. The van der Waals surface area contributed by atoms with Gasteiger partial charge in [-0.05, 0) is 34.2 Å². The fourth-order valence-corrected chi connectivity index (χ4v) is 2.75. The lowest BCUT2D eigenvalue weighted by molar-refractivity contribution is 1.65. The topological polar surface area (TPSA) is 0 Å². The van der Waals surface area contributed by atoms with Crippen LogP contribution in [0.1, 0.15) is 0 Å². The Morgan fingerprint density at radius 1 is 0.765 bits per heavy atom. The zero-order valence-corrected chi connectivity index (χ0v) is 10.1. The Morgan fingerprint density at radius 3 is 2.29 bits per heavy atom. The van der Waals surface area contributed by atoms with E-state index in [0.717, 1.165) is 0 Å². The molecule has 1 heteroatoms. The normalized spacial score (nSPS) is 10.4. The highest BCUT2D eigenvalue weighted by Crippen LogP contribution is 2.32. The summed E-state index contributed by atoms with van der Waals surface area (Å²) in [6.07, 6.45) is 0. The van der Waals surface area contributed by atoms with E-state index in [9.17, 15) is 0 Å². The molecule has 0 saturated carbocycles. The average Bonchev–Trinajstić information content (AvgIpc) is 2.90. The largest absolute Gasteiger partial charge is 0.143 e. The van der Waals surface area contributed by atoms with Gasteiger partial charge in [0.25, 0.3) is 0 Å². The minimum atomic E-state index is 1.25. The van der Waals surface area contributed by atoms with Crippen LogP contribution in [0.25, 0.3) is 21.6 Å². The number of hydrogen-bond donors (Lipinski definition) is 0. The molecule has 0 aliphatic carbocycles. The summed E-state index contributed by atoms with van der Waals surface area (Å²) in [4.78, 5) is 1.31. The van der Waals surface area contributed by atoms with Crippen molar-refractivity contribution in [3.8, 4) is 21.6 Å². The van der Waals surface area contributed by atoms with Crippen LogP contribution < -0.4 is 0 Å². The van der Waals surface area contributed by atoms with Gasteiger partial charge in [0.15, 0.2) is 0 Å². The molecule has 0 atom stereocenters. The maximum absolute atomic E-state index is 3.04. The van der Waals surface area contributed by atoms with E-state index in [4.69, 9.17) is 0 Å². The van der Waals surface area contributed by atoms with Crippen molar-refractivity contribution >= 4 is 11.3 Å². The van der Waals surface area contributed by atoms with Gasteiger partial charge in [0.1, 0.15) is 0 Å². The monoisotopic (exact) mass is 235 g/mol. The van der Waals surface area contributed by atoms with Crippen LogP contribution >= 0.6 is 11.3 Å². The maximum atomic E-state index is 3.04. The van der Waals surface area contributed by atoms with Gasteiger partial charge in [0.2, 0.25) is 0 Å². The van der Waals surface area contributed by atoms with Crippen molar-refractivity contribution in [2.45, 2.75) is 0 Å². The van der Waals surface area contributed by atoms with Gasteiger partial charge >= 0.3 is 0 Å². The first kappa shape index (κ1) is 10.3. The molecule has 81 valence electrons. The van der Waals surface area contributed by atoms with Crippen LogP contribution in [0.15, 0.2) is 66.0 Å². The fourth-order valence-electron chi connectivity index (χ4n) is 1.82. The highest BCUT2D eigenvalue weighted by atomic mass is 32.1. The Bertz CT molecular complexity index is 540. The predicted octanol–water partition coefficient (Wildman–Crippen LogP) is 4.88. The molecule has 0 amide bonds. The van der Waals surface area contributed by atoms with Gasteiger partial charge in [0.05, 0.1) is 0 Å². The summed E-state index contributed by atoms with van der Waals surface area (Å²) in [5, 5.41) is 2.21. The van der Waals surface area contributed by atoms with Crippen LogP contribution in [0.4, 0.5) is 0 Å². The van der Waals surface area contributed by atoms with Gasteiger partial charge < -0.3 is 0 Å². The molecule has 0 spiro atoms. The molecule has 1 radical (unpaired) electrons. The summed E-state index contributed by atoms with van der Waals surface area (Å²) in [5.41, 5.74) is 3.82. The highest BCUT2D eigenvalue weighted by Gasteiger charge is 2.03. The highest BCUT2D eigenvalue weighted by molar-refractivity contribution is 7.14. The Kier molecular flexibility index (Phi) is 2.76. The van der Waals surface area contributed by atoms with Gasteiger partial charge in [-0.2, -0.15) is 0 Å². The van der Waals surface area contributed by atoms with Gasteiger partial charge in [-0.25, -0.2) is 0 Å². The van der Waals surface area contributed by atoms with E-state index in [1.165, 1.54) is 21.6 Å². The van der Waals surface area contributed by atoms with Crippen LogP contribution in [0.5, 0.6) is 0 Å². The molecular formula is C16H11S. The van der Waals surface area contributed by atoms with Crippen LogP contribution in [0.2, 0.25) is 0 Å². The van der Waals surface area contributed by atoms with Crippen molar-refractivity contribution in [2.75, 3.05) is 0 Å². The summed E-state index contributed by atoms with van der Waals surface area (Å²) in [7, 11) is 0. The molecule has 17 heavy (non-hydrogen) atoms. The van der Waals surface area contributed by atoms with Crippen molar-refractivity contribution in [1.82, 2.24) is 0 Å². The van der Waals surface area contributed by atoms with Crippen molar-refractivity contribution in [1.29, 1.82) is 0 Å². The quantitative estimate of drug-likeness (QED) is 0.593. The number of benzene rings is 2. The van der Waals surface area contributed by atoms with E-state index in [1.807, 2.05) is 18.2 Å². The number of hydrogen-bond acceptors (Lipinski definition) is 1. The van der Waals surface area contributed by atoms with Crippen LogP contribution in [0.3, 0.4) is 0 Å². The van der Waals surface area contributed by atoms with E-state index in [0.29, 0.717) is 0 Å². The zero-order valence-electron chi connectivity index (χ0n) is 9.26. The summed E-state index contributed by atoms with van der Waals surface area (Å²) in [5.74, 6) is 0. The Balaban J connectivity index is 1.99. The molecule has 0 aliphatic rings. The molecule has 3 rings (SSSR count). The smallest absolute Gasteiger partial charge is 0.0349 e. The summed E-state index contributed by atoms with van der Waals surface area (Å²) in [6.45, 7) is 0. The molecule has 2 aromatic carbocycles. The van der Waals surface area contributed by atoms with E-state index in [1.54, 1.807) is 11.3 Å². The Morgan fingerprint density at radius 2 is 1.53 bits per heavy atom. The molecule has 0 nitrogen and oxygen atoms in total. The van der Waals surface area contributed by atoms with E-state index in [2.05, 4.69) is 53.9 Å². The molecule has 0 saturated heterocycles. The lowest BCUT2D eigenvalue weighted by Gasteiger charge is -1.96. The van der Waals surface area contributed by atoms with E-state index >= 15 is 0 Å². The molecular weight excluding hydrogens is 224 g/mol. The van der Waals surface area contributed by atoms with E-state index < -0.39 is 0 Å². The molecule has 0 unspecified atom stereocenters. The SMILES string of the molecule is [c]1ccc(-c2csc(-c3ccccc3)c2)cc1. The predicted molar refractivity (Wildman–Crippen MR) is 74.0 cm³/mol. The molecule has 0 bridgehead atoms. The molecule has 1 heterocycles. The summed E-state index contributed by atoms with van der Waals surface area (Å²) < 4.78 is 0. The molecule has 3 aromatic rings. The lowest BCUT2D eigenvalue weighted by Crippen LogP contribution is -1.72.